The number of hydrogen-bond acceptors (Lipinski definition) is 5. The Labute approximate surface area is 76.3 Å². The number of nitrogens with zero attached hydrogens (tertiary/aromatic N) is 1. The molecule has 5 N–H and O–H groups in total. The molecule has 1 aromatic rings. The van der Waals surface area contributed by atoms with Gasteiger partial charge in [-0.15, -0.1) is 0 Å². The summed E-state index contributed by atoms with van der Waals surface area (Å²) in [6, 6.07) is 1.14. The summed E-state index contributed by atoms with van der Waals surface area (Å²) in [5.41, 5.74) is 12.2. The predicted octanol–water partition coefficient (Wildman–Crippen LogP) is -0.336. The van der Waals surface area contributed by atoms with Crippen LogP contribution in [-0.2, 0) is 0 Å². The molecule has 72 valence electrons. The summed E-state index contributed by atoms with van der Waals surface area (Å²) in [5.74, 6) is 0.399. The average molecular weight is 183 g/mol. The first kappa shape index (κ1) is 9.76. The van der Waals surface area contributed by atoms with Gasteiger partial charge >= 0.3 is 0 Å². The number of methoxy groups -OCH3 is 1. The van der Waals surface area contributed by atoms with Crippen LogP contribution >= 0.6 is 0 Å². The summed E-state index contributed by atoms with van der Waals surface area (Å²) in [4.78, 5) is 3.93. The number of ether oxygens (including phenoxy) is 1. The molecule has 1 atom stereocenters. The van der Waals surface area contributed by atoms with Gasteiger partial charge in [0, 0.05) is 5.56 Å². The minimum Gasteiger partial charge on any atom is -0.481 e. The smallest absolute Gasteiger partial charge is 0.218 e. The minimum atomic E-state index is -0.508. The molecule has 0 bridgehead atoms. The molecule has 1 rings (SSSR count). The van der Waals surface area contributed by atoms with Gasteiger partial charge in [0.1, 0.15) is 0 Å². The van der Waals surface area contributed by atoms with Crippen LogP contribution in [-0.4, -0.2) is 23.8 Å². The lowest BCUT2D eigenvalue weighted by molar-refractivity contribution is 0.263. The Morgan fingerprint density at radius 3 is 2.92 bits per heavy atom. The summed E-state index contributed by atoms with van der Waals surface area (Å²) in [5, 5.41) is 8.85. The first-order valence-corrected chi connectivity index (χ1v) is 3.85. The van der Waals surface area contributed by atoms with E-state index in [2.05, 4.69) is 4.98 Å². The van der Waals surface area contributed by atoms with E-state index in [1.165, 1.54) is 13.3 Å². The minimum absolute atomic E-state index is 0.165. The number of aliphatic hydroxyl groups excluding tert-OH is 1. The number of nitrogens with two attached hydrogens (primary N) is 2. The monoisotopic (exact) mass is 183 g/mol. The number of pyridine rings is 1. The third-order valence-electron chi connectivity index (χ3n) is 1.69. The molecule has 0 unspecified atom stereocenters. The molecule has 0 fully saturated rings. The molecule has 1 heterocycles. The van der Waals surface area contributed by atoms with E-state index in [1.54, 1.807) is 6.07 Å². The van der Waals surface area contributed by atoms with E-state index >= 15 is 0 Å². The molecule has 0 saturated carbocycles. The van der Waals surface area contributed by atoms with Crippen LogP contribution in [0.1, 0.15) is 11.6 Å². The second kappa shape index (κ2) is 4.06. The zero-order valence-electron chi connectivity index (χ0n) is 7.40. The molecule has 0 aliphatic rings. The quantitative estimate of drug-likeness (QED) is 0.596. The van der Waals surface area contributed by atoms with Gasteiger partial charge in [-0.3, -0.25) is 0 Å². The van der Waals surface area contributed by atoms with Gasteiger partial charge in [0.05, 0.1) is 31.6 Å². The van der Waals surface area contributed by atoms with Crippen LogP contribution < -0.4 is 16.2 Å². The highest BCUT2D eigenvalue weighted by molar-refractivity contribution is 5.43. The van der Waals surface area contributed by atoms with Gasteiger partial charge in [-0.05, 0) is 6.07 Å². The van der Waals surface area contributed by atoms with E-state index in [0.717, 1.165) is 0 Å². The highest BCUT2D eigenvalue weighted by Crippen LogP contribution is 2.22. The Kier molecular flexibility index (Phi) is 3.05. The van der Waals surface area contributed by atoms with Crippen molar-refractivity contribution in [1.82, 2.24) is 4.98 Å². The molecule has 0 saturated heterocycles. The molecule has 1 aromatic heterocycles. The highest BCUT2D eigenvalue weighted by Gasteiger charge is 2.12. The topological polar surface area (TPSA) is 94.4 Å². The zero-order chi connectivity index (χ0) is 9.84. The van der Waals surface area contributed by atoms with Crippen molar-refractivity contribution in [3.8, 4) is 5.88 Å². The van der Waals surface area contributed by atoms with Crippen LogP contribution in [0.25, 0.3) is 0 Å². The van der Waals surface area contributed by atoms with E-state index in [0.29, 0.717) is 17.1 Å². The van der Waals surface area contributed by atoms with Crippen molar-refractivity contribution in [2.75, 3.05) is 19.5 Å². The second-order valence-corrected chi connectivity index (χ2v) is 2.66. The van der Waals surface area contributed by atoms with Gasteiger partial charge in [0.2, 0.25) is 5.88 Å². The first-order chi connectivity index (χ1) is 6.19. The lowest BCUT2D eigenvalue weighted by Crippen LogP contribution is -2.16. The number of hydrogen-bond donors (Lipinski definition) is 3. The van der Waals surface area contributed by atoms with Gasteiger partial charge in [-0.25, -0.2) is 4.98 Å². The molecular weight excluding hydrogens is 170 g/mol. The Bertz CT molecular complexity index is 291. The standard InChI is InChI=1S/C8H13N3O2/c1-13-8-6(7(10)4-12)2-5(9)3-11-8/h2-3,7,12H,4,9-10H2,1H3/t7-/m0/s1. The maximum Gasteiger partial charge on any atom is 0.218 e. The largest absolute Gasteiger partial charge is 0.481 e. The Morgan fingerprint density at radius 2 is 2.38 bits per heavy atom. The van der Waals surface area contributed by atoms with Crippen molar-refractivity contribution in [1.29, 1.82) is 0 Å². The molecule has 0 aromatic carbocycles. The third kappa shape index (κ3) is 2.07. The SMILES string of the molecule is COc1ncc(N)cc1[C@@H](N)CO. The van der Waals surface area contributed by atoms with Crippen LogP contribution in [0.2, 0.25) is 0 Å². The highest BCUT2D eigenvalue weighted by atomic mass is 16.5. The van der Waals surface area contributed by atoms with Crippen molar-refractivity contribution in [3.05, 3.63) is 17.8 Å². The normalized spacial score (nSPS) is 12.5. The van der Waals surface area contributed by atoms with E-state index in [9.17, 15) is 0 Å². The van der Waals surface area contributed by atoms with E-state index in [4.69, 9.17) is 21.3 Å². The van der Waals surface area contributed by atoms with Gasteiger partial charge < -0.3 is 21.3 Å². The Hall–Kier alpha value is -1.33. The summed E-state index contributed by atoms with van der Waals surface area (Å²) in [7, 11) is 1.49. The molecule has 0 radical (unpaired) electrons. The molecular formula is C8H13N3O2. The van der Waals surface area contributed by atoms with Gasteiger partial charge in [0.25, 0.3) is 0 Å². The van der Waals surface area contributed by atoms with E-state index < -0.39 is 6.04 Å². The number of anilines is 1. The maximum atomic E-state index is 8.85. The summed E-state index contributed by atoms with van der Waals surface area (Å²) in [6.07, 6.45) is 1.48. The second-order valence-electron chi connectivity index (χ2n) is 2.66. The summed E-state index contributed by atoms with van der Waals surface area (Å²) < 4.78 is 4.97. The van der Waals surface area contributed by atoms with E-state index in [1.807, 2.05) is 0 Å². The van der Waals surface area contributed by atoms with Crippen molar-refractivity contribution in [2.24, 2.45) is 5.73 Å². The van der Waals surface area contributed by atoms with Crippen molar-refractivity contribution in [3.63, 3.8) is 0 Å². The maximum absolute atomic E-state index is 8.85. The fourth-order valence-corrected chi connectivity index (χ4v) is 1.02. The van der Waals surface area contributed by atoms with Crippen LogP contribution in [0.5, 0.6) is 5.88 Å². The van der Waals surface area contributed by atoms with Gasteiger partial charge in [-0.1, -0.05) is 0 Å². The Balaban J connectivity index is 3.07. The first-order valence-electron chi connectivity index (χ1n) is 3.85. The number of nitrogen functional groups attached to an aromatic ring is 1. The zero-order valence-corrected chi connectivity index (χ0v) is 7.40. The fourth-order valence-electron chi connectivity index (χ4n) is 1.02. The lowest BCUT2D eigenvalue weighted by atomic mass is 10.1. The van der Waals surface area contributed by atoms with Gasteiger partial charge in [-0.2, -0.15) is 0 Å². The Morgan fingerprint density at radius 1 is 1.69 bits per heavy atom. The number of rotatable bonds is 3. The van der Waals surface area contributed by atoms with Crippen LogP contribution in [0.4, 0.5) is 5.69 Å². The molecule has 5 nitrogen and oxygen atoms in total. The summed E-state index contributed by atoms with van der Waals surface area (Å²) >= 11 is 0. The number of aromatic nitrogens is 1. The van der Waals surface area contributed by atoms with Crippen LogP contribution in [0, 0.1) is 0 Å². The average Bonchev–Trinajstić information content (AvgIpc) is 2.16. The molecule has 0 aliphatic heterocycles. The predicted molar refractivity (Wildman–Crippen MR) is 49.2 cm³/mol. The molecule has 5 heteroatoms. The van der Waals surface area contributed by atoms with Gasteiger partial charge in [0.15, 0.2) is 0 Å². The third-order valence-corrected chi connectivity index (χ3v) is 1.69. The summed E-state index contributed by atoms with van der Waals surface area (Å²) in [6.45, 7) is -0.165. The van der Waals surface area contributed by atoms with Crippen molar-refractivity contribution >= 4 is 5.69 Å². The van der Waals surface area contributed by atoms with Crippen LogP contribution in [0.15, 0.2) is 12.3 Å². The van der Waals surface area contributed by atoms with Crippen molar-refractivity contribution < 1.29 is 9.84 Å². The number of aliphatic hydroxyl groups is 1. The van der Waals surface area contributed by atoms with E-state index in [-0.39, 0.29) is 6.61 Å². The fraction of sp³-hybridized carbons (Fsp3) is 0.375. The molecule has 0 amide bonds. The van der Waals surface area contributed by atoms with Crippen LogP contribution in [0.3, 0.4) is 0 Å². The molecule has 0 aliphatic carbocycles. The molecule has 13 heavy (non-hydrogen) atoms. The van der Waals surface area contributed by atoms with Crippen molar-refractivity contribution in [2.45, 2.75) is 6.04 Å². The molecule has 0 spiro atoms. The lowest BCUT2D eigenvalue weighted by Gasteiger charge is -2.12.